The summed E-state index contributed by atoms with van der Waals surface area (Å²) in [4.78, 5) is 0. The highest BCUT2D eigenvalue weighted by Crippen LogP contribution is 2.19. The summed E-state index contributed by atoms with van der Waals surface area (Å²) in [5.74, 6) is 0. The number of hydrogen-bond donors (Lipinski definition) is 0. The molecular weight excluding hydrogens is 214 g/mol. The number of aryl methyl sites for hydroxylation is 1. The highest BCUT2D eigenvalue weighted by atomic mass is 32.2. The van der Waals surface area contributed by atoms with Crippen molar-refractivity contribution in [2.24, 2.45) is 7.05 Å². The predicted octanol–water partition coefficient (Wildman–Crippen LogP) is 0.595. The molecule has 0 amide bonds. The Hall–Kier alpha value is -0.880. The first-order valence-electron chi connectivity index (χ1n) is 5.10. The maximum atomic E-state index is 12.1. The number of rotatable bonds is 2. The Labute approximate surface area is 89.7 Å². The van der Waals surface area contributed by atoms with Gasteiger partial charge < -0.3 is 0 Å². The maximum absolute atomic E-state index is 12.1. The van der Waals surface area contributed by atoms with E-state index in [-0.39, 0.29) is 5.03 Å². The van der Waals surface area contributed by atoms with E-state index in [1.54, 1.807) is 17.4 Å². The first kappa shape index (κ1) is 10.6. The van der Waals surface area contributed by atoms with Gasteiger partial charge in [-0.15, -0.1) is 0 Å². The van der Waals surface area contributed by atoms with Gasteiger partial charge in [-0.25, -0.2) is 8.42 Å². The highest BCUT2D eigenvalue weighted by molar-refractivity contribution is 7.89. The minimum Gasteiger partial charge on any atom is -0.256 e. The lowest BCUT2D eigenvalue weighted by atomic mass is 10.2. The largest absolute Gasteiger partial charge is 0.260 e. The van der Waals surface area contributed by atoms with Crippen molar-refractivity contribution >= 4 is 10.0 Å². The van der Waals surface area contributed by atoms with Crippen LogP contribution in [0.2, 0.25) is 0 Å². The van der Waals surface area contributed by atoms with E-state index in [1.165, 1.54) is 10.9 Å². The molecular formula is C9H15N3O2S. The van der Waals surface area contributed by atoms with Crippen LogP contribution in [-0.4, -0.2) is 35.6 Å². The summed E-state index contributed by atoms with van der Waals surface area (Å²) in [6.45, 7) is 1.26. The van der Waals surface area contributed by atoms with E-state index in [2.05, 4.69) is 5.10 Å². The van der Waals surface area contributed by atoms with E-state index in [9.17, 15) is 8.42 Å². The molecule has 1 aromatic rings. The molecule has 1 saturated heterocycles. The lowest BCUT2D eigenvalue weighted by molar-refractivity contribution is 0.343. The Balaban J connectivity index is 2.30. The zero-order valence-corrected chi connectivity index (χ0v) is 9.57. The molecule has 0 spiro atoms. The number of nitrogens with zero attached hydrogens (tertiary/aromatic N) is 3. The molecule has 5 nitrogen and oxygen atoms in total. The second-order valence-electron chi connectivity index (χ2n) is 3.76. The first-order chi connectivity index (χ1) is 7.12. The quantitative estimate of drug-likeness (QED) is 0.746. The maximum Gasteiger partial charge on any atom is 0.260 e. The fourth-order valence-corrected chi connectivity index (χ4v) is 3.47. The van der Waals surface area contributed by atoms with E-state index in [0.717, 1.165) is 19.3 Å². The minimum atomic E-state index is -3.32. The van der Waals surface area contributed by atoms with Crippen molar-refractivity contribution < 1.29 is 8.42 Å². The van der Waals surface area contributed by atoms with E-state index in [4.69, 9.17) is 0 Å². The van der Waals surface area contributed by atoms with Crippen LogP contribution in [0, 0.1) is 0 Å². The summed E-state index contributed by atoms with van der Waals surface area (Å²) in [6.07, 6.45) is 4.54. The van der Waals surface area contributed by atoms with Gasteiger partial charge >= 0.3 is 0 Å². The van der Waals surface area contributed by atoms with Crippen molar-refractivity contribution in [1.29, 1.82) is 0 Å². The van der Waals surface area contributed by atoms with Gasteiger partial charge in [-0.05, 0) is 18.9 Å². The minimum absolute atomic E-state index is 0.282. The second-order valence-corrected chi connectivity index (χ2v) is 5.64. The van der Waals surface area contributed by atoms with Gasteiger partial charge in [0.15, 0.2) is 5.03 Å². The van der Waals surface area contributed by atoms with Crippen molar-refractivity contribution in [3.8, 4) is 0 Å². The molecule has 1 fully saturated rings. The molecule has 0 atom stereocenters. The lowest BCUT2D eigenvalue weighted by Crippen LogP contribution is -2.36. The molecule has 0 saturated carbocycles. The Bertz CT molecular complexity index is 432. The monoisotopic (exact) mass is 229 g/mol. The standard InChI is InChI=1S/C9H15N3O2S/c1-11-9(5-6-10-11)15(13,14)12-7-3-2-4-8-12/h5-6H,2-4,7-8H2,1H3. The van der Waals surface area contributed by atoms with Crippen LogP contribution >= 0.6 is 0 Å². The van der Waals surface area contributed by atoms with Gasteiger partial charge in [0.05, 0.1) is 6.20 Å². The van der Waals surface area contributed by atoms with Crippen LogP contribution in [0.4, 0.5) is 0 Å². The van der Waals surface area contributed by atoms with Crippen LogP contribution in [0.5, 0.6) is 0 Å². The molecule has 15 heavy (non-hydrogen) atoms. The van der Waals surface area contributed by atoms with Gasteiger partial charge in [-0.1, -0.05) is 6.42 Å². The predicted molar refractivity (Wildman–Crippen MR) is 55.8 cm³/mol. The van der Waals surface area contributed by atoms with Gasteiger partial charge in [-0.2, -0.15) is 9.40 Å². The van der Waals surface area contributed by atoms with Crippen molar-refractivity contribution in [2.45, 2.75) is 24.3 Å². The molecule has 6 heteroatoms. The number of aromatic nitrogens is 2. The fourth-order valence-electron chi connectivity index (χ4n) is 1.85. The molecule has 0 radical (unpaired) electrons. The SMILES string of the molecule is Cn1nccc1S(=O)(=O)N1CCCCC1. The van der Waals surface area contributed by atoms with E-state index in [1.807, 2.05) is 0 Å². The number of piperidine rings is 1. The third kappa shape index (κ3) is 1.91. The van der Waals surface area contributed by atoms with Crippen LogP contribution in [0.25, 0.3) is 0 Å². The van der Waals surface area contributed by atoms with Gasteiger partial charge in [-0.3, -0.25) is 4.68 Å². The molecule has 2 heterocycles. The summed E-state index contributed by atoms with van der Waals surface area (Å²) in [6, 6.07) is 1.55. The van der Waals surface area contributed by atoms with Gasteiger partial charge in [0.25, 0.3) is 10.0 Å². The highest BCUT2D eigenvalue weighted by Gasteiger charge is 2.27. The molecule has 1 aliphatic heterocycles. The van der Waals surface area contributed by atoms with Crippen LogP contribution in [-0.2, 0) is 17.1 Å². The first-order valence-corrected chi connectivity index (χ1v) is 6.54. The second kappa shape index (κ2) is 3.94. The average molecular weight is 229 g/mol. The van der Waals surface area contributed by atoms with Crippen molar-refractivity contribution in [1.82, 2.24) is 14.1 Å². The lowest BCUT2D eigenvalue weighted by Gasteiger charge is -2.25. The van der Waals surface area contributed by atoms with Crippen LogP contribution < -0.4 is 0 Å². The molecule has 0 aromatic carbocycles. The van der Waals surface area contributed by atoms with E-state index < -0.39 is 10.0 Å². The molecule has 0 aliphatic carbocycles. The zero-order valence-electron chi connectivity index (χ0n) is 8.76. The van der Waals surface area contributed by atoms with Crippen molar-refractivity contribution in [3.63, 3.8) is 0 Å². The normalized spacial score (nSPS) is 19.3. The summed E-state index contributed by atoms with van der Waals surface area (Å²) in [5, 5.41) is 4.17. The summed E-state index contributed by atoms with van der Waals surface area (Å²) in [7, 11) is -1.67. The Kier molecular flexibility index (Phi) is 2.79. The Morgan fingerprint density at radius 3 is 2.47 bits per heavy atom. The summed E-state index contributed by atoms with van der Waals surface area (Å²) >= 11 is 0. The summed E-state index contributed by atoms with van der Waals surface area (Å²) < 4.78 is 27.2. The van der Waals surface area contributed by atoms with E-state index >= 15 is 0 Å². The number of hydrogen-bond acceptors (Lipinski definition) is 3. The third-order valence-electron chi connectivity index (χ3n) is 2.70. The smallest absolute Gasteiger partial charge is 0.256 e. The topological polar surface area (TPSA) is 55.2 Å². The number of sulfonamides is 1. The molecule has 1 aliphatic rings. The Morgan fingerprint density at radius 2 is 1.93 bits per heavy atom. The van der Waals surface area contributed by atoms with Crippen LogP contribution in [0.3, 0.4) is 0 Å². The van der Waals surface area contributed by atoms with E-state index in [0.29, 0.717) is 13.1 Å². The average Bonchev–Trinajstić information content (AvgIpc) is 2.66. The van der Waals surface area contributed by atoms with Gasteiger partial charge in [0.1, 0.15) is 0 Å². The Morgan fingerprint density at radius 1 is 1.27 bits per heavy atom. The molecule has 1 aromatic heterocycles. The molecule has 0 N–H and O–H groups in total. The van der Waals surface area contributed by atoms with Crippen LogP contribution in [0.1, 0.15) is 19.3 Å². The van der Waals surface area contributed by atoms with Crippen LogP contribution in [0.15, 0.2) is 17.3 Å². The third-order valence-corrected chi connectivity index (χ3v) is 4.67. The fraction of sp³-hybridized carbons (Fsp3) is 0.667. The van der Waals surface area contributed by atoms with Crippen molar-refractivity contribution in [2.75, 3.05) is 13.1 Å². The molecule has 0 unspecified atom stereocenters. The summed E-state index contributed by atoms with van der Waals surface area (Å²) in [5.41, 5.74) is 0. The molecule has 84 valence electrons. The molecule has 2 rings (SSSR count). The molecule has 0 bridgehead atoms. The van der Waals surface area contributed by atoms with Gasteiger partial charge in [0.2, 0.25) is 0 Å². The zero-order chi connectivity index (χ0) is 10.9. The van der Waals surface area contributed by atoms with Crippen molar-refractivity contribution in [3.05, 3.63) is 12.3 Å². The van der Waals surface area contributed by atoms with Gasteiger partial charge in [0, 0.05) is 20.1 Å².